The maximum absolute atomic E-state index is 12.1. The zero-order chi connectivity index (χ0) is 16.4. The zero-order valence-electron chi connectivity index (χ0n) is 12.4. The van der Waals surface area contributed by atoms with Crippen LogP contribution in [0.5, 0.6) is 0 Å². The van der Waals surface area contributed by atoms with Crippen LogP contribution in [0.1, 0.15) is 23.0 Å². The van der Waals surface area contributed by atoms with Gasteiger partial charge in [-0.3, -0.25) is 4.79 Å². The van der Waals surface area contributed by atoms with Gasteiger partial charge in [0, 0.05) is 6.07 Å². The van der Waals surface area contributed by atoms with E-state index in [1.165, 1.54) is 18.3 Å². The predicted octanol–water partition coefficient (Wildman–Crippen LogP) is 2.78. The third-order valence-electron chi connectivity index (χ3n) is 3.10. The number of thiazole rings is 1. The molecule has 1 atom stereocenters. The highest BCUT2D eigenvalue weighted by Gasteiger charge is 2.20. The normalized spacial score (nSPS) is 12.1. The van der Waals surface area contributed by atoms with Gasteiger partial charge in [-0.25, -0.2) is 9.78 Å². The van der Waals surface area contributed by atoms with E-state index in [9.17, 15) is 9.59 Å². The minimum absolute atomic E-state index is 0.279. The van der Waals surface area contributed by atoms with Crippen molar-refractivity contribution in [1.82, 2.24) is 10.1 Å². The van der Waals surface area contributed by atoms with Crippen LogP contribution in [-0.4, -0.2) is 28.1 Å². The standard InChI is InChI=1S/C15H13N3O4S/c1-8-5-13(18-22-8)17-14(19)9(2)21-15(20)10-3-4-11-12(6-10)23-7-16-11/h3-7,9H,1-2H3,(H,17,18,19)/t9-/m1/s1. The van der Waals surface area contributed by atoms with Crippen LogP contribution in [0.15, 0.2) is 34.3 Å². The van der Waals surface area contributed by atoms with E-state index in [4.69, 9.17) is 9.26 Å². The van der Waals surface area contributed by atoms with E-state index in [2.05, 4.69) is 15.5 Å². The van der Waals surface area contributed by atoms with Crippen molar-refractivity contribution in [2.75, 3.05) is 5.32 Å². The van der Waals surface area contributed by atoms with Crippen molar-refractivity contribution >= 4 is 39.2 Å². The topological polar surface area (TPSA) is 94.3 Å². The van der Waals surface area contributed by atoms with Crippen molar-refractivity contribution in [1.29, 1.82) is 0 Å². The summed E-state index contributed by atoms with van der Waals surface area (Å²) in [6.45, 7) is 3.20. The molecule has 7 nitrogen and oxygen atoms in total. The highest BCUT2D eigenvalue weighted by Crippen LogP contribution is 2.20. The van der Waals surface area contributed by atoms with Crippen molar-refractivity contribution in [3.05, 3.63) is 41.1 Å². The summed E-state index contributed by atoms with van der Waals surface area (Å²) < 4.78 is 10.9. The Bertz CT molecular complexity index is 870. The first-order chi connectivity index (χ1) is 11.0. The fourth-order valence-corrected chi connectivity index (χ4v) is 2.63. The number of hydrogen-bond acceptors (Lipinski definition) is 7. The molecule has 0 aliphatic heterocycles. The largest absolute Gasteiger partial charge is 0.449 e. The summed E-state index contributed by atoms with van der Waals surface area (Å²) in [5.74, 6) is -0.200. The molecule has 0 saturated heterocycles. The lowest BCUT2D eigenvalue weighted by atomic mass is 10.2. The molecule has 0 saturated carbocycles. The maximum Gasteiger partial charge on any atom is 0.338 e. The quantitative estimate of drug-likeness (QED) is 0.739. The highest BCUT2D eigenvalue weighted by atomic mass is 32.1. The summed E-state index contributed by atoms with van der Waals surface area (Å²) in [6, 6.07) is 6.63. The molecule has 23 heavy (non-hydrogen) atoms. The summed E-state index contributed by atoms with van der Waals surface area (Å²) >= 11 is 1.43. The number of rotatable bonds is 4. The lowest BCUT2D eigenvalue weighted by molar-refractivity contribution is -0.123. The Labute approximate surface area is 135 Å². The van der Waals surface area contributed by atoms with Gasteiger partial charge in [-0.05, 0) is 32.0 Å². The zero-order valence-corrected chi connectivity index (χ0v) is 13.2. The Kier molecular flexibility index (Phi) is 4.07. The van der Waals surface area contributed by atoms with Gasteiger partial charge in [-0.1, -0.05) is 5.16 Å². The molecular formula is C15H13N3O4S. The highest BCUT2D eigenvalue weighted by molar-refractivity contribution is 7.16. The Morgan fingerprint density at radius 2 is 2.17 bits per heavy atom. The Morgan fingerprint density at radius 1 is 1.35 bits per heavy atom. The number of benzene rings is 1. The molecule has 2 aromatic heterocycles. The number of hydrogen-bond donors (Lipinski definition) is 1. The number of nitrogens with one attached hydrogen (secondary N) is 1. The van der Waals surface area contributed by atoms with Gasteiger partial charge < -0.3 is 14.6 Å². The van der Waals surface area contributed by atoms with Crippen LogP contribution in [0.25, 0.3) is 10.2 Å². The molecule has 0 bridgehead atoms. The van der Waals surface area contributed by atoms with E-state index in [-0.39, 0.29) is 5.82 Å². The molecular weight excluding hydrogens is 318 g/mol. The van der Waals surface area contributed by atoms with Crippen molar-refractivity contribution in [3.8, 4) is 0 Å². The molecule has 0 fully saturated rings. The molecule has 1 aromatic carbocycles. The smallest absolute Gasteiger partial charge is 0.338 e. The molecule has 2 heterocycles. The average molecular weight is 331 g/mol. The number of carbonyl (C=O) groups excluding carboxylic acids is 2. The third-order valence-corrected chi connectivity index (χ3v) is 3.89. The van der Waals surface area contributed by atoms with Gasteiger partial charge in [0.05, 0.1) is 21.3 Å². The number of carbonyl (C=O) groups is 2. The second kappa shape index (κ2) is 6.17. The van der Waals surface area contributed by atoms with Gasteiger partial charge >= 0.3 is 5.97 Å². The second-order valence-corrected chi connectivity index (χ2v) is 5.78. The van der Waals surface area contributed by atoms with Crippen LogP contribution < -0.4 is 5.32 Å². The predicted molar refractivity (Wildman–Crippen MR) is 84.4 cm³/mol. The van der Waals surface area contributed by atoms with E-state index in [0.29, 0.717) is 11.3 Å². The summed E-state index contributed by atoms with van der Waals surface area (Å²) in [4.78, 5) is 28.3. The molecule has 0 radical (unpaired) electrons. The van der Waals surface area contributed by atoms with E-state index in [1.807, 2.05) is 0 Å². The van der Waals surface area contributed by atoms with Crippen LogP contribution in [0.2, 0.25) is 0 Å². The van der Waals surface area contributed by atoms with Gasteiger partial charge in [0.25, 0.3) is 5.91 Å². The number of anilines is 1. The first kappa shape index (κ1) is 15.2. The number of aryl methyl sites for hydroxylation is 1. The molecule has 1 amide bonds. The number of ether oxygens (including phenoxy) is 1. The molecule has 8 heteroatoms. The minimum atomic E-state index is -0.961. The molecule has 0 unspecified atom stereocenters. The Balaban J connectivity index is 1.65. The number of nitrogens with zero attached hydrogens (tertiary/aromatic N) is 2. The van der Waals surface area contributed by atoms with Crippen molar-refractivity contribution < 1.29 is 18.8 Å². The second-order valence-electron chi connectivity index (χ2n) is 4.89. The summed E-state index contributed by atoms with van der Waals surface area (Å²) in [5, 5.41) is 6.17. The van der Waals surface area contributed by atoms with Gasteiger partial charge in [0.15, 0.2) is 11.9 Å². The van der Waals surface area contributed by atoms with E-state index >= 15 is 0 Å². The fraction of sp³-hybridized carbons (Fsp3) is 0.200. The van der Waals surface area contributed by atoms with E-state index in [1.54, 1.807) is 36.7 Å². The van der Waals surface area contributed by atoms with Crippen molar-refractivity contribution in [2.24, 2.45) is 0 Å². The first-order valence-electron chi connectivity index (χ1n) is 6.81. The third kappa shape index (κ3) is 3.37. The summed E-state index contributed by atoms with van der Waals surface area (Å²) in [7, 11) is 0. The Morgan fingerprint density at radius 3 is 2.91 bits per heavy atom. The maximum atomic E-state index is 12.1. The fourth-order valence-electron chi connectivity index (χ4n) is 1.92. The van der Waals surface area contributed by atoms with E-state index < -0.39 is 18.0 Å². The molecule has 0 aliphatic rings. The number of amides is 1. The van der Waals surface area contributed by atoms with Crippen molar-refractivity contribution in [3.63, 3.8) is 0 Å². The van der Waals surface area contributed by atoms with Crippen LogP contribution in [0.3, 0.4) is 0 Å². The monoisotopic (exact) mass is 331 g/mol. The van der Waals surface area contributed by atoms with Gasteiger partial charge in [0.1, 0.15) is 5.76 Å². The van der Waals surface area contributed by atoms with Crippen molar-refractivity contribution in [2.45, 2.75) is 20.0 Å². The van der Waals surface area contributed by atoms with Gasteiger partial charge in [0.2, 0.25) is 0 Å². The molecule has 3 rings (SSSR count). The van der Waals surface area contributed by atoms with Crippen LogP contribution in [0, 0.1) is 6.92 Å². The minimum Gasteiger partial charge on any atom is -0.449 e. The summed E-state index contributed by atoms with van der Waals surface area (Å²) in [5.41, 5.74) is 2.90. The number of esters is 1. The van der Waals surface area contributed by atoms with Gasteiger partial charge in [-0.15, -0.1) is 11.3 Å². The van der Waals surface area contributed by atoms with Gasteiger partial charge in [-0.2, -0.15) is 0 Å². The molecule has 0 aliphatic carbocycles. The average Bonchev–Trinajstić information content (AvgIpc) is 3.14. The lowest BCUT2D eigenvalue weighted by Crippen LogP contribution is -2.30. The van der Waals surface area contributed by atoms with E-state index in [0.717, 1.165) is 10.2 Å². The van der Waals surface area contributed by atoms with Crippen LogP contribution in [-0.2, 0) is 9.53 Å². The van der Waals surface area contributed by atoms with Crippen LogP contribution in [0.4, 0.5) is 5.82 Å². The lowest BCUT2D eigenvalue weighted by Gasteiger charge is -2.12. The molecule has 1 N–H and O–H groups in total. The Hall–Kier alpha value is -2.74. The first-order valence-corrected chi connectivity index (χ1v) is 7.69. The molecule has 118 valence electrons. The number of aromatic nitrogens is 2. The molecule has 0 spiro atoms. The SMILES string of the molecule is Cc1cc(NC(=O)[C@@H](C)OC(=O)c2ccc3ncsc3c2)no1. The number of fused-ring (bicyclic) bond motifs is 1. The molecule has 3 aromatic rings. The summed E-state index contributed by atoms with van der Waals surface area (Å²) in [6.07, 6.45) is -0.961. The van der Waals surface area contributed by atoms with Crippen LogP contribution >= 0.6 is 11.3 Å².